The molecule has 0 radical (unpaired) electrons. The van der Waals surface area contributed by atoms with Gasteiger partial charge in [-0.3, -0.25) is 27.1 Å². The van der Waals surface area contributed by atoms with Gasteiger partial charge in [-0.2, -0.15) is 0 Å². The number of nitrogens with zero attached hydrogens (tertiary/aromatic N) is 1. The summed E-state index contributed by atoms with van der Waals surface area (Å²) in [6.45, 7) is 0. The van der Waals surface area contributed by atoms with Crippen molar-refractivity contribution in [3.63, 3.8) is 0 Å². The van der Waals surface area contributed by atoms with Gasteiger partial charge in [0.1, 0.15) is 0 Å². The van der Waals surface area contributed by atoms with Crippen LogP contribution in [0.15, 0.2) is 182 Å². The molecule has 6 aromatic carbocycles. The van der Waals surface area contributed by atoms with E-state index in [-0.39, 0.29) is 0 Å². The number of hydrogen-bond donors (Lipinski definition) is 0. The Balaban J connectivity index is 0.000000235. The molecule has 6 aromatic rings. The molecule has 0 aromatic heterocycles. The molecule has 6 rings (SSSR count). The molecule has 0 heterocycles. The van der Waals surface area contributed by atoms with E-state index in [2.05, 4.69) is 27.2 Å². The molecule has 0 bridgehead atoms. The summed E-state index contributed by atoms with van der Waals surface area (Å²) in [5.74, 6) is 4.35. The van der Waals surface area contributed by atoms with E-state index in [9.17, 15) is 0 Å². The van der Waals surface area contributed by atoms with E-state index in [0.29, 0.717) is 13.2 Å². The molecule has 13 heteroatoms. The van der Waals surface area contributed by atoms with Crippen LogP contribution in [0.25, 0.3) is 5.59 Å². The van der Waals surface area contributed by atoms with Gasteiger partial charge in [0.05, 0.1) is 0 Å². The fraction of sp³-hybridized carbons (Fsp3) is 0. The molecular weight excluding hydrogens is 883 g/mol. The van der Waals surface area contributed by atoms with Crippen LogP contribution in [-0.2, 0) is 13.2 Å². The van der Waals surface area contributed by atoms with E-state index < -0.39 is 17.2 Å². The fourth-order valence-corrected chi connectivity index (χ4v) is 5.85. The first-order valence-electron chi connectivity index (χ1n) is 14.3. The van der Waals surface area contributed by atoms with Crippen molar-refractivity contribution in [2.75, 3.05) is 0 Å². The van der Waals surface area contributed by atoms with E-state index >= 15 is 0 Å². The van der Waals surface area contributed by atoms with Gasteiger partial charge in [-0.05, 0) is 72.8 Å². The Morgan fingerprint density at radius 3 is 0.571 bits per heavy atom. The predicted octanol–water partition coefficient (Wildman–Crippen LogP) is 12.4. The monoisotopic (exact) mass is 913 g/mol. The molecule has 0 aliphatic rings. The normalized spacial score (nSPS) is 9.71. The maximum Gasteiger partial charge on any atom is 0.528 e. The van der Waals surface area contributed by atoms with Gasteiger partial charge >= 0.3 is 57.7 Å². The van der Waals surface area contributed by atoms with Crippen LogP contribution in [0.2, 0.25) is 0 Å². The molecule has 0 aliphatic heterocycles. The number of nitroso groups, excluding NO2 is 1. The molecule has 0 saturated heterocycles. The molecule has 0 fully saturated rings. The molecule has 0 atom stereocenters. The molecule has 49 heavy (non-hydrogen) atoms. The van der Waals surface area contributed by atoms with Crippen molar-refractivity contribution in [3.8, 4) is 34.5 Å². The SMILES string of the molecule is [Br][Rh+][Br].[N-]=O.c1ccc(O[PH+](Oc2ccccc2)Oc2ccccc2)cc1.c1ccc(O[PH+](Oc2ccccc2)Oc2ccccc2)cc1. The first-order valence-corrected chi connectivity index (χ1v) is 24.3. The molecule has 0 aliphatic carbocycles. The van der Waals surface area contributed by atoms with Gasteiger partial charge in [0.2, 0.25) is 0 Å². The van der Waals surface area contributed by atoms with Crippen molar-refractivity contribution < 1.29 is 40.3 Å². The van der Waals surface area contributed by atoms with E-state index in [0.717, 1.165) is 34.5 Å². The van der Waals surface area contributed by atoms with Crippen molar-refractivity contribution in [3.05, 3.63) is 192 Å². The van der Waals surface area contributed by atoms with Gasteiger partial charge in [-0.1, -0.05) is 109 Å². The predicted molar refractivity (Wildman–Crippen MR) is 204 cm³/mol. The van der Waals surface area contributed by atoms with Crippen LogP contribution < -0.4 is 27.1 Å². The molecule has 8 nitrogen and oxygen atoms in total. The smallest absolute Gasteiger partial charge is 0.528 e. The maximum atomic E-state index is 7.25. The van der Waals surface area contributed by atoms with Gasteiger partial charge in [-0.25, -0.2) is 0 Å². The van der Waals surface area contributed by atoms with Crippen molar-refractivity contribution in [2.45, 2.75) is 0 Å². The summed E-state index contributed by atoms with van der Waals surface area (Å²) >= 11 is 6.72. The van der Waals surface area contributed by atoms with Crippen LogP contribution >= 0.6 is 44.5 Å². The Kier molecular flexibility index (Phi) is 20.3. The molecule has 0 amide bonds. The molecule has 0 unspecified atom stereocenters. The summed E-state index contributed by atoms with van der Waals surface area (Å²) in [6, 6.07) is 57.2. The standard InChI is InChI=1S/2C18H16O3P.2BrH.NO.Rh/c2*1-4-10-16(11-5-1)19-22(20-17-12-6-2-7-13-17)21-18-14-8-3-9-15-18;;;1-2;/h2*1-15,22H;2*1H;;/q2*+1;;;-1;+3/p-2. The summed E-state index contributed by atoms with van der Waals surface area (Å²) < 4.78 is 35.3. The van der Waals surface area contributed by atoms with Crippen molar-refractivity contribution in [2.24, 2.45) is 0 Å². The van der Waals surface area contributed by atoms with Crippen LogP contribution in [-0.4, -0.2) is 0 Å². The summed E-state index contributed by atoms with van der Waals surface area (Å²) in [6.07, 6.45) is 0. The number of hydrogen-bond acceptors (Lipinski definition) is 7. The molecule has 0 N–H and O–H groups in total. The van der Waals surface area contributed by atoms with Crippen LogP contribution in [0, 0.1) is 4.91 Å². The summed E-state index contributed by atoms with van der Waals surface area (Å²) in [4.78, 5) is 7.25. The second kappa shape index (κ2) is 25.2. The summed E-state index contributed by atoms with van der Waals surface area (Å²) in [5, 5.41) is 0. The third-order valence-electron chi connectivity index (χ3n) is 5.67. The van der Waals surface area contributed by atoms with Crippen LogP contribution in [0.4, 0.5) is 0 Å². The van der Waals surface area contributed by atoms with Gasteiger partial charge in [0, 0.05) is 0 Å². The third kappa shape index (κ3) is 16.9. The Labute approximate surface area is 309 Å². The number of para-hydroxylation sites is 6. The van der Waals surface area contributed by atoms with Gasteiger partial charge in [0.15, 0.2) is 34.5 Å². The van der Waals surface area contributed by atoms with Crippen LogP contribution in [0.5, 0.6) is 34.5 Å². The van der Waals surface area contributed by atoms with Gasteiger partial charge in [0.25, 0.3) is 0 Å². The van der Waals surface area contributed by atoms with Gasteiger partial charge < -0.3 is 10.5 Å². The molecular formula is C36H32Br2NO7P2Rh+2. The zero-order chi connectivity index (χ0) is 34.8. The van der Waals surface area contributed by atoms with Crippen molar-refractivity contribution in [1.29, 1.82) is 0 Å². The van der Waals surface area contributed by atoms with Gasteiger partial charge in [-0.15, -0.1) is 0 Å². The largest absolute Gasteiger partial charge is 0.577 e. The van der Waals surface area contributed by atoms with E-state index in [4.69, 9.17) is 37.6 Å². The Hall–Kier alpha value is -3.84. The van der Waals surface area contributed by atoms with E-state index in [1.807, 2.05) is 182 Å². The number of benzene rings is 6. The third-order valence-corrected chi connectivity index (χ3v) is 8.08. The molecule has 254 valence electrons. The first-order chi connectivity index (χ1) is 24.2. The van der Waals surface area contributed by atoms with Crippen molar-refractivity contribution in [1.82, 2.24) is 0 Å². The zero-order valence-electron chi connectivity index (χ0n) is 25.7. The maximum absolute atomic E-state index is 7.25. The first kappa shape index (κ1) is 39.6. The molecule has 0 saturated carbocycles. The van der Waals surface area contributed by atoms with Crippen molar-refractivity contribution >= 4 is 44.5 Å². The summed E-state index contributed by atoms with van der Waals surface area (Å²) in [7, 11) is -4.00. The average molecular weight is 915 g/mol. The minimum Gasteiger partial charge on any atom is -0.577 e. The Bertz CT molecular complexity index is 1340. The minimum absolute atomic E-state index is 0.455. The Morgan fingerprint density at radius 1 is 0.327 bits per heavy atom. The number of halogens is 2. The quantitative estimate of drug-likeness (QED) is 0.0891. The second-order valence-electron chi connectivity index (χ2n) is 9.04. The minimum atomic E-state index is -2.00. The number of rotatable bonds is 12. The topological polar surface area (TPSA) is 94.8 Å². The Morgan fingerprint density at radius 2 is 0.449 bits per heavy atom. The van der Waals surface area contributed by atoms with Crippen LogP contribution in [0.3, 0.4) is 0 Å². The fourth-order valence-electron chi connectivity index (χ4n) is 3.63. The van der Waals surface area contributed by atoms with E-state index in [1.54, 1.807) is 0 Å². The average Bonchev–Trinajstić information content (AvgIpc) is 3.16. The zero-order valence-corrected chi connectivity index (χ0v) is 32.5. The molecule has 0 spiro atoms. The van der Waals surface area contributed by atoms with Crippen LogP contribution in [0.1, 0.15) is 0 Å². The van der Waals surface area contributed by atoms with E-state index in [1.165, 1.54) is 0 Å². The summed E-state index contributed by atoms with van der Waals surface area (Å²) in [5.41, 5.74) is 5.75. The second-order valence-corrected chi connectivity index (χ2v) is 18.8.